The topological polar surface area (TPSA) is 119 Å². The monoisotopic (exact) mass is 391 g/mol. The summed E-state index contributed by atoms with van der Waals surface area (Å²) in [5.74, 6) is -1.08. The molecule has 4 N–H and O–H groups in total. The molecule has 0 aliphatic rings. The summed E-state index contributed by atoms with van der Waals surface area (Å²) in [7, 11) is 0. The van der Waals surface area contributed by atoms with Crippen LogP contribution in [-0.2, 0) is 22.6 Å². The van der Waals surface area contributed by atoms with E-state index in [2.05, 4.69) is 15.7 Å². The zero-order valence-corrected chi connectivity index (χ0v) is 15.7. The third kappa shape index (κ3) is 5.77. The molecule has 2 aromatic carbocycles. The summed E-state index contributed by atoms with van der Waals surface area (Å²) in [4.78, 5) is 34.7. The van der Waals surface area contributed by atoms with Gasteiger partial charge < -0.3 is 16.4 Å². The van der Waals surface area contributed by atoms with Crippen LogP contribution in [0, 0.1) is 0 Å². The lowest BCUT2D eigenvalue weighted by atomic mass is 10.1. The molecule has 0 aliphatic carbocycles. The average molecular weight is 391 g/mol. The van der Waals surface area contributed by atoms with Crippen LogP contribution in [0.2, 0.25) is 0 Å². The van der Waals surface area contributed by atoms with Crippen LogP contribution in [0.3, 0.4) is 0 Å². The lowest BCUT2D eigenvalue weighted by Gasteiger charge is -2.08. The first kappa shape index (κ1) is 19.8. The molecule has 8 nitrogen and oxygen atoms in total. The first-order chi connectivity index (χ1) is 14.0. The summed E-state index contributed by atoms with van der Waals surface area (Å²) in [5, 5.41) is 9.45. The Morgan fingerprint density at radius 3 is 2.24 bits per heavy atom. The van der Waals surface area contributed by atoms with Crippen LogP contribution in [-0.4, -0.2) is 34.0 Å². The minimum absolute atomic E-state index is 0.0971. The van der Waals surface area contributed by atoms with Crippen molar-refractivity contribution in [3.63, 3.8) is 0 Å². The lowest BCUT2D eigenvalue weighted by Crippen LogP contribution is -2.33. The molecule has 0 saturated carbocycles. The standard InChI is InChI=1S/C21H21N5O3/c22-19(27)14-24-21(29)17-6-2-16(3-7-17)13-23-20(28)12-15-4-8-18(9-5-15)26-11-1-10-25-26/h1-11H,12-14H2,(H2,22,27)(H,23,28)(H,24,29). The number of rotatable bonds is 8. The molecular formula is C21H21N5O3. The van der Waals surface area contributed by atoms with Crippen molar-refractivity contribution < 1.29 is 14.4 Å². The van der Waals surface area contributed by atoms with Crippen molar-refractivity contribution in [3.8, 4) is 5.69 Å². The third-order valence-electron chi connectivity index (χ3n) is 4.20. The van der Waals surface area contributed by atoms with Crippen molar-refractivity contribution in [1.82, 2.24) is 20.4 Å². The number of carbonyl (C=O) groups excluding carboxylic acids is 3. The second-order valence-corrected chi connectivity index (χ2v) is 6.42. The highest BCUT2D eigenvalue weighted by Gasteiger charge is 2.07. The molecule has 148 valence electrons. The highest BCUT2D eigenvalue weighted by molar-refractivity contribution is 5.96. The van der Waals surface area contributed by atoms with Crippen LogP contribution >= 0.6 is 0 Å². The van der Waals surface area contributed by atoms with Gasteiger partial charge >= 0.3 is 0 Å². The van der Waals surface area contributed by atoms with Gasteiger partial charge in [0.1, 0.15) is 0 Å². The quantitative estimate of drug-likeness (QED) is 0.529. The van der Waals surface area contributed by atoms with Crippen LogP contribution in [0.1, 0.15) is 21.5 Å². The number of hydrogen-bond donors (Lipinski definition) is 3. The van der Waals surface area contributed by atoms with Crippen molar-refractivity contribution >= 4 is 17.7 Å². The number of primary amides is 1. The van der Waals surface area contributed by atoms with Crippen LogP contribution in [0.5, 0.6) is 0 Å². The Hall–Kier alpha value is -3.94. The number of nitrogens with one attached hydrogen (secondary N) is 2. The van der Waals surface area contributed by atoms with Crippen molar-refractivity contribution in [3.05, 3.63) is 83.7 Å². The van der Waals surface area contributed by atoms with E-state index in [0.29, 0.717) is 12.1 Å². The van der Waals surface area contributed by atoms with Gasteiger partial charge in [-0.3, -0.25) is 14.4 Å². The maximum Gasteiger partial charge on any atom is 0.251 e. The number of aromatic nitrogens is 2. The Kier molecular flexibility index (Phi) is 6.36. The Balaban J connectivity index is 1.47. The van der Waals surface area contributed by atoms with Gasteiger partial charge in [0, 0.05) is 24.5 Å². The Labute approximate surface area is 167 Å². The number of carbonyl (C=O) groups is 3. The summed E-state index contributed by atoms with van der Waals surface area (Å²) >= 11 is 0. The van der Waals surface area contributed by atoms with Gasteiger partial charge in [0.15, 0.2) is 0 Å². The van der Waals surface area contributed by atoms with Crippen molar-refractivity contribution in [2.45, 2.75) is 13.0 Å². The van der Waals surface area contributed by atoms with Crippen molar-refractivity contribution in [2.75, 3.05) is 6.54 Å². The molecule has 0 unspecified atom stereocenters. The average Bonchev–Trinajstić information content (AvgIpc) is 3.26. The molecule has 3 aromatic rings. The van der Waals surface area contributed by atoms with E-state index >= 15 is 0 Å². The summed E-state index contributed by atoms with van der Waals surface area (Å²) in [5.41, 5.74) is 8.11. The van der Waals surface area contributed by atoms with Gasteiger partial charge in [-0.25, -0.2) is 4.68 Å². The minimum atomic E-state index is -0.603. The fraction of sp³-hybridized carbons (Fsp3) is 0.143. The molecule has 0 aliphatic heterocycles. The summed E-state index contributed by atoms with van der Waals surface area (Å²) < 4.78 is 1.75. The van der Waals surface area contributed by atoms with E-state index in [0.717, 1.165) is 16.8 Å². The molecule has 0 radical (unpaired) electrons. The predicted octanol–water partition coefficient (Wildman–Crippen LogP) is 0.946. The van der Waals surface area contributed by atoms with Crippen LogP contribution in [0.15, 0.2) is 67.0 Å². The van der Waals surface area contributed by atoms with Crippen LogP contribution < -0.4 is 16.4 Å². The molecule has 3 amide bonds. The van der Waals surface area contributed by atoms with Crippen LogP contribution in [0.25, 0.3) is 5.69 Å². The van der Waals surface area contributed by atoms with Gasteiger partial charge in [-0.15, -0.1) is 0 Å². The lowest BCUT2D eigenvalue weighted by molar-refractivity contribution is -0.120. The highest BCUT2D eigenvalue weighted by atomic mass is 16.2. The molecule has 0 atom stereocenters. The minimum Gasteiger partial charge on any atom is -0.368 e. The number of benzene rings is 2. The van der Waals surface area contributed by atoms with Crippen molar-refractivity contribution in [1.29, 1.82) is 0 Å². The van der Waals surface area contributed by atoms with Gasteiger partial charge in [0.25, 0.3) is 5.91 Å². The first-order valence-electron chi connectivity index (χ1n) is 9.02. The molecule has 0 saturated heterocycles. The summed E-state index contributed by atoms with van der Waals surface area (Å²) in [6.07, 6.45) is 3.84. The van der Waals surface area contributed by atoms with E-state index in [1.807, 2.05) is 36.5 Å². The fourth-order valence-corrected chi connectivity index (χ4v) is 2.68. The maximum atomic E-state index is 12.2. The van der Waals surface area contributed by atoms with Crippen LogP contribution in [0.4, 0.5) is 0 Å². The SMILES string of the molecule is NC(=O)CNC(=O)c1ccc(CNC(=O)Cc2ccc(-n3cccn3)cc2)cc1. The van der Waals surface area contributed by atoms with Crippen molar-refractivity contribution in [2.24, 2.45) is 5.73 Å². The number of nitrogens with two attached hydrogens (primary N) is 1. The van der Waals surface area contributed by atoms with E-state index in [1.165, 1.54) is 0 Å². The molecule has 0 fully saturated rings. The van der Waals surface area contributed by atoms with E-state index in [4.69, 9.17) is 5.73 Å². The van der Waals surface area contributed by atoms with Gasteiger partial charge in [-0.05, 0) is 41.5 Å². The second-order valence-electron chi connectivity index (χ2n) is 6.42. The molecule has 1 aromatic heterocycles. The maximum absolute atomic E-state index is 12.2. The molecular weight excluding hydrogens is 370 g/mol. The summed E-state index contributed by atoms with van der Waals surface area (Å²) in [6.45, 7) is 0.146. The first-order valence-corrected chi connectivity index (χ1v) is 9.02. The van der Waals surface area contributed by atoms with Gasteiger partial charge in [-0.2, -0.15) is 5.10 Å². The molecule has 0 bridgehead atoms. The third-order valence-corrected chi connectivity index (χ3v) is 4.20. The smallest absolute Gasteiger partial charge is 0.251 e. The normalized spacial score (nSPS) is 10.3. The molecule has 29 heavy (non-hydrogen) atoms. The Morgan fingerprint density at radius 2 is 1.62 bits per heavy atom. The zero-order chi connectivity index (χ0) is 20.6. The molecule has 8 heteroatoms. The molecule has 3 rings (SSSR count). The van der Waals surface area contributed by atoms with E-state index in [-0.39, 0.29) is 24.8 Å². The molecule has 1 heterocycles. The fourth-order valence-electron chi connectivity index (χ4n) is 2.68. The van der Waals surface area contributed by atoms with E-state index in [1.54, 1.807) is 35.1 Å². The van der Waals surface area contributed by atoms with Gasteiger partial charge in [-0.1, -0.05) is 24.3 Å². The van der Waals surface area contributed by atoms with E-state index < -0.39 is 5.91 Å². The summed E-state index contributed by atoms with van der Waals surface area (Å²) in [6, 6.07) is 16.2. The van der Waals surface area contributed by atoms with E-state index in [9.17, 15) is 14.4 Å². The Morgan fingerprint density at radius 1 is 0.931 bits per heavy atom. The highest BCUT2D eigenvalue weighted by Crippen LogP contribution is 2.09. The predicted molar refractivity (Wildman–Crippen MR) is 107 cm³/mol. The van der Waals surface area contributed by atoms with Gasteiger partial charge in [0.05, 0.1) is 18.7 Å². The van der Waals surface area contributed by atoms with Gasteiger partial charge in [0.2, 0.25) is 11.8 Å². The molecule has 0 spiro atoms. The largest absolute Gasteiger partial charge is 0.368 e. The second kappa shape index (κ2) is 9.32. The number of hydrogen-bond acceptors (Lipinski definition) is 4. The Bertz CT molecular complexity index is 980. The zero-order valence-electron chi connectivity index (χ0n) is 15.7. The number of nitrogens with zero attached hydrogens (tertiary/aromatic N) is 2. The number of amides is 3.